The third-order valence-electron chi connectivity index (χ3n) is 4.93. The van der Waals surface area contributed by atoms with Gasteiger partial charge in [-0.25, -0.2) is 0 Å². The molecule has 0 radical (unpaired) electrons. The highest BCUT2D eigenvalue weighted by molar-refractivity contribution is 7.99. The molecule has 0 aliphatic carbocycles. The molecule has 0 aliphatic heterocycles. The van der Waals surface area contributed by atoms with Gasteiger partial charge in [0.15, 0.2) is 10.9 Å². The molecule has 31 heavy (non-hydrogen) atoms. The minimum Gasteiger partial charge on any atom is -0.461 e. The number of hydrogen-bond acceptors (Lipinski definition) is 5. The maximum absolute atomic E-state index is 12.7. The normalized spacial score (nSPS) is 10.9. The summed E-state index contributed by atoms with van der Waals surface area (Å²) in [6.07, 6.45) is 1.62. The fraction of sp³-hybridized carbons (Fsp3) is 0.208. The lowest BCUT2D eigenvalue weighted by molar-refractivity contribution is -0.127. The SMILES string of the molecule is Cc1ccc(CN(C)C(=O)CSc2nnc(-c3ccco3)n2Cc2ccccc2)cc1. The molecular formula is C24H24N4O2S. The van der Waals surface area contributed by atoms with Gasteiger partial charge in [-0.1, -0.05) is 71.9 Å². The van der Waals surface area contributed by atoms with Crippen LogP contribution in [-0.2, 0) is 17.9 Å². The fourth-order valence-electron chi connectivity index (χ4n) is 3.18. The lowest BCUT2D eigenvalue weighted by atomic mass is 10.1. The smallest absolute Gasteiger partial charge is 0.233 e. The van der Waals surface area contributed by atoms with Crippen LogP contribution in [0.15, 0.2) is 82.6 Å². The predicted octanol–water partition coefficient (Wildman–Crippen LogP) is 4.65. The maximum Gasteiger partial charge on any atom is 0.233 e. The molecular weight excluding hydrogens is 408 g/mol. The average Bonchev–Trinajstić information content (AvgIpc) is 3.44. The van der Waals surface area contributed by atoms with Crippen LogP contribution in [0.5, 0.6) is 0 Å². The summed E-state index contributed by atoms with van der Waals surface area (Å²) in [4.78, 5) is 14.5. The monoisotopic (exact) mass is 432 g/mol. The van der Waals surface area contributed by atoms with Gasteiger partial charge >= 0.3 is 0 Å². The summed E-state index contributed by atoms with van der Waals surface area (Å²) in [5.41, 5.74) is 3.44. The van der Waals surface area contributed by atoms with Crippen LogP contribution in [0.4, 0.5) is 0 Å². The Balaban J connectivity index is 1.47. The highest BCUT2D eigenvalue weighted by Crippen LogP contribution is 2.26. The van der Waals surface area contributed by atoms with E-state index in [1.54, 1.807) is 11.2 Å². The van der Waals surface area contributed by atoms with Gasteiger partial charge in [-0.15, -0.1) is 10.2 Å². The molecule has 0 fully saturated rings. The Bertz CT molecular complexity index is 1120. The first kappa shape index (κ1) is 20.9. The van der Waals surface area contributed by atoms with Crippen molar-refractivity contribution >= 4 is 17.7 Å². The van der Waals surface area contributed by atoms with Crippen molar-refractivity contribution in [3.05, 3.63) is 89.7 Å². The molecule has 0 N–H and O–H groups in total. The van der Waals surface area contributed by atoms with Gasteiger partial charge in [-0.05, 0) is 30.2 Å². The Kier molecular flexibility index (Phi) is 6.52. The quantitative estimate of drug-likeness (QED) is 0.379. The number of nitrogens with zero attached hydrogens (tertiary/aromatic N) is 4. The second-order valence-corrected chi connectivity index (χ2v) is 8.32. The first-order valence-electron chi connectivity index (χ1n) is 10.0. The molecule has 2 aromatic carbocycles. The van der Waals surface area contributed by atoms with Crippen LogP contribution in [-0.4, -0.2) is 38.4 Å². The van der Waals surface area contributed by atoms with E-state index in [0.29, 0.717) is 29.8 Å². The van der Waals surface area contributed by atoms with Gasteiger partial charge in [0.2, 0.25) is 11.7 Å². The Hall–Kier alpha value is -3.32. The molecule has 0 spiro atoms. The summed E-state index contributed by atoms with van der Waals surface area (Å²) in [5, 5.41) is 9.35. The number of carbonyl (C=O) groups is 1. The third kappa shape index (κ3) is 5.24. The first-order valence-corrected chi connectivity index (χ1v) is 11.0. The van der Waals surface area contributed by atoms with Crippen molar-refractivity contribution in [3.63, 3.8) is 0 Å². The average molecular weight is 433 g/mol. The van der Waals surface area contributed by atoms with Crippen LogP contribution >= 0.6 is 11.8 Å². The highest BCUT2D eigenvalue weighted by Gasteiger charge is 2.19. The summed E-state index contributed by atoms with van der Waals surface area (Å²) < 4.78 is 7.53. The number of carbonyl (C=O) groups excluding carboxylic acids is 1. The second-order valence-electron chi connectivity index (χ2n) is 7.38. The fourth-order valence-corrected chi connectivity index (χ4v) is 4.06. The molecule has 0 unspecified atom stereocenters. The van der Waals surface area contributed by atoms with E-state index >= 15 is 0 Å². The van der Waals surface area contributed by atoms with Crippen molar-refractivity contribution in [2.24, 2.45) is 0 Å². The molecule has 6 nitrogen and oxygen atoms in total. The van der Waals surface area contributed by atoms with Crippen LogP contribution in [0.1, 0.15) is 16.7 Å². The molecule has 0 saturated carbocycles. The molecule has 0 bridgehead atoms. The van der Waals surface area contributed by atoms with Crippen molar-refractivity contribution in [1.29, 1.82) is 0 Å². The van der Waals surface area contributed by atoms with Crippen molar-refractivity contribution in [2.75, 3.05) is 12.8 Å². The number of furan rings is 1. The highest BCUT2D eigenvalue weighted by atomic mass is 32.2. The number of rotatable bonds is 8. The van der Waals surface area contributed by atoms with Crippen molar-refractivity contribution in [1.82, 2.24) is 19.7 Å². The minimum absolute atomic E-state index is 0.0411. The molecule has 2 heterocycles. The van der Waals surface area contributed by atoms with Gasteiger partial charge in [0.25, 0.3) is 0 Å². The molecule has 0 saturated heterocycles. The summed E-state index contributed by atoms with van der Waals surface area (Å²) >= 11 is 1.39. The topological polar surface area (TPSA) is 64.2 Å². The van der Waals surface area contributed by atoms with Crippen molar-refractivity contribution < 1.29 is 9.21 Å². The predicted molar refractivity (Wildman–Crippen MR) is 122 cm³/mol. The summed E-state index contributed by atoms with van der Waals surface area (Å²) in [7, 11) is 1.83. The molecule has 0 atom stereocenters. The van der Waals surface area contributed by atoms with Crippen LogP contribution in [0.3, 0.4) is 0 Å². The lowest BCUT2D eigenvalue weighted by Crippen LogP contribution is -2.27. The van der Waals surface area contributed by atoms with Gasteiger partial charge < -0.3 is 9.32 Å². The molecule has 0 aliphatic rings. The van der Waals surface area contributed by atoms with Crippen LogP contribution in [0.25, 0.3) is 11.6 Å². The Morgan fingerprint density at radius 1 is 1.00 bits per heavy atom. The van der Waals surface area contributed by atoms with E-state index < -0.39 is 0 Å². The number of thioether (sulfide) groups is 1. The van der Waals surface area contributed by atoms with Crippen LogP contribution in [0, 0.1) is 6.92 Å². The zero-order chi connectivity index (χ0) is 21.6. The van der Waals surface area contributed by atoms with Crippen LogP contribution < -0.4 is 0 Å². The standard InChI is InChI=1S/C24H24N4O2S/c1-18-10-12-20(13-11-18)15-27(2)22(29)17-31-24-26-25-23(21-9-6-14-30-21)28(24)16-19-7-4-3-5-8-19/h3-14H,15-17H2,1-2H3. The Morgan fingerprint density at radius 3 is 2.48 bits per heavy atom. The summed E-state index contributed by atoms with van der Waals surface area (Å²) in [5.74, 6) is 1.63. The van der Waals surface area contributed by atoms with Gasteiger partial charge in [0.1, 0.15) is 0 Å². The number of amides is 1. The van der Waals surface area contributed by atoms with E-state index in [0.717, 1.165) is 11.1 Å². The first-order chi connectivity index (χ1) is 15.1. The van der Waals surface area contributed by atoms with E-state index in [1.165, 1.54) is 17.3 Å². The van der Waals surface area contributed by atoms with Gasteiger partial charge in [-0.2, -0.15) is 0 Å². The Labute approximate surface area is 185 Å². The second kappa shape index (κ2) is 9.66. The van der Waals surface area contributed by atoms with Gasteiger partial charge in [-0.3, -0.25) is 9.36 Å². The molecule has 158 valence electrons. The summed E-state index contributed by atoms with van der Waals surface area (Å²) in [6, 6.07) is 22.0. The van der Waals surface area contributed by atoms with E-state index in [1.807, 2.05) is 41.9 Å². The molecule has 7 heteroatoms. The van der Waals surface area contributed by atoms with E-state index in [4.69, 9.17) is 4.42 Å². The maximum atomic E-state index is 12.7. The van der Waals surface area contributed by atoms with Crippen LogP contribution in [0.2, 0.25) is 0 Å². The largest absolute Gasteiger partial charge is 0.461 e. The lowest BCUT2D eigenvalue weighted by Gasteiger charge is -2.17. The van der Waals surface area contributed by atoms with E-state index in [2.05, 4.69) is 53.5 Å². The zero-order valence-corrected chi connectivity index (χ0v) is 18.4. The number of aryl methyl sites for hydroxylation is 1. The number of hydrogen-bond donors (Lipinski definition) is 0. The molecule has 4 rings (SSSR count). The van der Waals surface area contributed by atoms with Crippen molar-refractivity contribution in [2.45, 2.75) is 25.2 Å². The van der Waals surface area contributed by atoms with E-state index in [-0.39, 0.29) is 11.7 Å². The summed E-state index contributed by atoms with van der Waals surface area (Å²) in [6.45, 7) is 3.23. The molecule has 2 aromatic heterocycles. The van der Waals surface area contributed by atoms with Gasteiger partial charge in [0, 0.05) is 13.6 Å². The number of benzene rings is 2. The van der Waals surface area contributed by atoms with Crippen molar-refractivity contribution in [3.8, 4) is 11.6 Å². The zero-order valence-electron chi connectivity index (χ0n) is 17.6. The Morgan fingerprint density at radius 2 is 1.77 bits per heavy atom. The number of aromatic nitrogens is 3. The third-order valence-corrected chi connectivity index (χ3v) is 5.88. The minimum atomic E-state index is 0.0411. The molecule has 1 amide bonds. The van der Waals surface area contributed by atoms with Gasteiger partial charge in [0.05, 0.1) is 18.6 Å². The molecule has 4 aromatic rings. The van der Waals surface area contributed by atoms with E-state index in [9.17, 15) is 4.79 Å².